The number of methoxy groups -OCH3 is 1. The van der Waals surface area contributed by atoms with Gasteiger partial charge in [0.25, 0.3) is 0 Å². The minimum Gasteiger partial charge on any atom is -0.497 e. The molecule has 2 aromatic carbocycles. The molecule has 0 spiro atoms. The Morgan fingerprint density at radius 3 is 2.26 bits per heavy atom. The SMILES string of the molecule is COc1ccc(CCC(=O)c2ccc(Cl)cc2)cc1. The third-order valence-electron chi connectivity index (χ3n) is 2.97. The number of rotatable bonds is 5. The monoisotopic (exact) mass is 274 g/mol. The second-order valence-corrected chi connectivity index (χ2v) is 4.71. The summed E-state index contributed by atoms with van der Waals surface area (Å²) in [6.45, 7) is 0. The lowest BCUT2D eigenvalue weighted by Crippen LogP contribution is -2.00. The van der Waals surface area contributed by atoms with Crippen LogP contribution in [0.4, 0.5) is 0 Å². The lowest BCUT2D eigenvalue weighted by molar-refractivity contribution is 0.0983. The number of carbonyl (C=O) groups is 1. The van der Waals surface area contributed by atoms with Crippen molar-refractivity contribution in [1.82, 2.24) is 0 Å². The molecule has 0 bridgehead atoms. The number of aryl methyl sites for hydroxylation is 1. The Morgan fingerprint density at radius 2 is 1.68 bits per heavy atom. The Morgan fingerprint density at radius 1 is 1.05 bits per heavy atom. The Labute approximate surface area is 118 Å². The standard InChI is InChI=1S/C16H15ClO2/c1-19-15-9-2-12(3-10-15)4-11-16(18)13-5-7-14(17)8-6-13/h2-3,5-10H,4,11H2,1H3. The van der Waals surface area contributed by atoms with Crippen molar-refractivity contribution in [2.24, 2.45) is 0 Å². The molecule has 0 N–H and O–H groups in total. The molecule has 2 aromatic rings. The van der Waals surface area contributed by atoms with Crippen LogP contribution in [-0.4, -0.2) is 12.9 Å². The number of Topliss-reactive ketones (excluding diaryl/α,β-unsaturated/α-hetero) is 1. The van der Waals surface area contributed by atoms with Gasteiger partial charge in [0.1, 0.15) is 5.75 Å². The fourth-order valence-corrected chi connectivity index (χ4v) is 1.96. The topological polar surface area (TPSA) is 26.3 Å². The lowest BCUT2D eigenvalue weighted by Gasteiger charge is -2.04. The third kappa shape index (κ3) is 3.83. The molecular formula is C16H15ClO2. The molecule has 19 heavy (non-hydrogen) atoms. The first-order chi connectivity index (χ1) is 9.19. The highest BCUT2D eigenvalue weighted by atomic mass is 35.5. The van der Waals surface area contributed by atoms with E-state index in [1.807, 2.05) is 24.3 Å². The first-order valence-electron chi connectivity index (χ1n) is 6.11. The fourth-order valence-electron chi connectivity index (χ4n) is 1.83. The minimum atomic E-state index is 0.132. The Balaban J connectivity index is 1.94. The van der Waals surface area contributed by atoms with E-state index in [9.17, 15) is 4.79 Å². The molecule has 0 atom stereocenters. The molecule has 0 heterocycles. The number of ether oxygens (including phenoxy) is 1. The van der Waals surface area contributed by atoms with Gasteiger partial charge in [0.05, 0.1) is 7.11 Å². The molecule has 98 valence electrons. The van der Waals surface area contributed by atoms with Crippen LogP contribution >= 0.6 is 11.6 Å². The van der Waals surface area contributed by atoms with Gasteiger partial charge in [0, 0.05) is 17.0 Å². The van der Waals surface area contributed by atoms with E-state index in [1.165, 1.54) is 0 Å². The van der Waals surface area contributed by atoms with Gasteiger partial charge in [0.2, 0.25) is 0 Å². The molecule has 0 saturated heterocycles. The van der Waals surface area contributed by atoms with Crippen LogP contribution in [0.5, 0.6) is 5.75 Å². The van der Waals surface area contributed by atoms with Gasteiger partial charge >= 0.3 is 0 Å². The highest BCUT2D eigenvalue weighted by Gasteiger charge is 2.06. The van der Waals surface area contributed by atoms with Crippen molar-refractivity contribution < 1.29 is 9.53 Å². The number of benzene rings is 2. The van der Waals surface area contributed by atoms with Gasteiger partial charge in [0.15, 0.2) is 5.78 Å². The lowest BCUT2D eigenvalue weighted by atomic mass is 10.0. The number of hydrogen-bond donors (Lipinski definition) is 0. The van der Waals surface area contributed by atoms with Gasteiger partial charge in [-0.3, -0.25) is 4.79 Å². The van der Waals surface area contributed by atoms with E-state index in [1.54, 1.807) is 31.4 Å². The summed E-state index contributed by atoms with van der Waals surface area (Å²) in [7, 11) is 1.64. The highest BCUT2D eigenvalue weighted by Crippen LogP contribution is 2.15. The Kier molecular flexibility index (Phi) is 4.58. The largest absolute Gasteiger partial charge is 0.497 e. The van der Waals surface area contributed by atoms with Crippen molar-refractivity contribution in [3.63, 3.8) is 0 Å². The number of ketones is 1. The van der Waals surface area contributed by atoms with Gasteiger partial charge in [-0.2, -0.15) is 0 Å². The summed E-state index contributed by atoms with van der Waals surface area (Å²) in [5, 5.41) is 0.645. The maximum atomic E-state index is 12.0. The molecular weight excluding hydrogens is 260 g/mol. The molecule has 0 fully saturated rings. The van der Waals surface area contributed by atoms with Crippen LogP contribution in [-0.2, 0) is 6.42 Å². The van der Waals surface area contributed by atoms with E-state index in [2.05, 4.69) is 0 Å². The summed E-state index contributed by atoms with van der Waals surface area (Å²) < 4.78 is 5.10. The van der Waals surface area contributed by atoms with Gasteiger partial charge in [-0.05, 0) is 48.4 Å². The summed E-state index contributed by atoms with van der Waals surface area (Å²) in [6.07, 6.45) is 1.22. The zero-order valence-electron chi connectivity index (χ0n) is 10.7. The number of carbonyl (C=O) groups excluding carboxylic acids is 1. The van der Waals surface area contributed by atoms with Crippen LogP contribution in [0.15, 0.2) is 48.5 Å². The van der Waals surface area contributed by atoms with Crippen LogP contribution < -0.4 is 4.74 Å². The summed E-state index contributed by atoms with van der Waals surface area (Å²) in [5.41, 5.74) is 1.83. The highest BCUT2D eigenvalue weighted by molar-refractivity contribution is 6.30. The van der Waals surface area contributed by atoms with Crippen LogP contribution in [0.3, 0.4) is 0 Å². The van der Waals surface area contributed by atoms with Gasteiger partial charge in [-0.25, -0.2) is 0 Å². The first kappa shape index (κ1) is 13.6. The Hall–Kier alpha value is -1.80. The average Bonchev–Trinajstić information content (AvgIpc) is 2.46. The summed E-state index contributed by atoms with van der Waals surface area (Å²) >= 11 is 5.79. The summed E-state index contributed by atoms with van der Waals surface area (Å²) in [4.78, 5) is 12.0. The van der Waals surface area contributed by atoms with Crippen molar-refractivity contribution in [2.75, 3.05) is 7.11 Å². The molecule has 2 rings (SSSR count). The molecule has 2 nitrogen and oxygen atoms in total. The summed E-state index contributed by atoms with van der Waals surface area (Å²) in [5.74, 6) is 0.959. The molecule has 0 aliphatic carbocycles. The zero-order chi connectivity index (χ0) is 13.7. The molecule has 0 aliphatic heterocycles. The molecule has 0 saturated carbocycles. The van der Waals surface area contributed by atoms with Crippen LogP contribution in [0.2, 0.25) is 5.02 Å². The van der Waals surface area contributed by atoms with E-state index >= 15 is 0 Å². The molecule has 3 heteroatoms. The van der Waals surface area contributed by atoms with Crippen LogP contribution in [0.25, 0.3) is 0 Å². The van der Waals surface area contributed by atoms with E-state index in [0.29, 0.717) is 17.0 Å². The molecule has 0 aliphatic rings. The Bertz CT molecular complexity index is 544. The average molecular weight is 275 g/mol. The normalized spacial score (nSPS) is 10.2. The maximum Gasteiger partial charge on any atom is 0.163 e. The maximum absolute atomic E-state index is 12.0. The quantitative estimate of drug-likeness (QED) is 0.765. The van der Waals surface area contributed by atoms with E-state index < -0.39 is 0 Å². The fraction of sp³-hybridized carbons (Fsp3) is 0.188. The molecule has 0 radical (unpaired) electrons. The summed E-state index contributed by atoms with van der Waals surface area (Å²) in [6, 6.07) is 14.8. The predicted octanol–water partition coefficient (Wildman–Crippen LogP) is 4.16. The zero-order valence-corrected chi connectivity index (χ0v) is 11.5. The van der Waals surface area contributed by atoms with Gasteiger partial charge in [-0.1, -0.05) is 23.7 Å². The second-order valence-electron chi connectivity index (χ2n) is 4.28. The van der Waals surface area contributed by atoms with E-state index in [4.69, 9.17) is 16.3 Å². The van der Waals surface area contributed by atoms with Crippen molar-refractivity contribution in [3.05, 3.63) is 64.7 Å². The van der Waals surface area contributed by atoms with Crippen molar-refractivity contribution in [2.45, 2.75) is 12.8 Å². The van der Waals surface area contributed by atoms with Gasteiger partial charge in [-0.15, -0.1) is 0 Å². The van der Waals surface area contributed by atoms with Crippen molar-refractivity contribution in [1.29, 1.82) is 0 Å². The number of hydrogen-bond acceptors (Lipinski definition) is 2. The third-order valence-corrected chi connectivity index (χ3v) is 3.22. The number of halogens is 1. The van der Waals surface area contributed by atoms with E-state index in [-0.39, 0.29) is 5.78 Å². The first-order valence-corrected chi connectivity index (χ1v) is 6.48. The van der Waals surface area contributed by atoms with E-state index in [0.717, 1.165) is 17.7 Å². The minimum absolute atomic E-state index is 0.132. The molecule has 0 aromatic heterocycles. The van der Waals surface area contributed by atoms with Crippen LogP contribution in [0, 0.1) is 0 Å². The van der Waals surface area contributed by atoms with Crippen molar-refractivity contribution in [3.8, 4) is 5.75 Å². The molecule has 0 unspecified atom stereocenters. The van der Waals surface area contributed by atoms with Crippen molar-refractivity contribution >= 4 is 17.4 Å². The second kappa shape index (κ2) is 6.39. The predicted molar refractivity (Wildman–Crippen MR) is 77.1 cm³/mol. The van der Waals surface area contributed by atoms with Gasteiger partial charge < -0.3 is 4.74 Å². The van der Waals surface area contributed by atoms with Crippen LogP contribution in [0.1, 0.15) is 22.3 Å². The molecule has 0 amide bonds. The smallest absolute Gasteiger partial charge is 0.163 e.